The van der Waals surface area contributed by atoms with Crippen LogP contribution in [-0.4, -0.2) is 58.8 Å². The number of fused-ring (bicyclic) bond motifs is 1. The van der Waals surface area contributed by atoms with Gasteiger partial charge in [-0.25, -0.2) is 13.1 Å². The van der Waals surface area contributed by atoms with Crippen LogP contribution < -0.4 is 10.0 Å². The van der Waals surface area contributed by atoms with Crippen LogP contribution >= 0.6 is 24.0 Å². The Balaban J connectivity index is 0.00000242. The van der Waals surface area contributed by atoms with E-state index in [1.54, 1.807) is 0 Å². The van der Waals surface area contributed by atoms with Gasteiger partial charge in [0.05, 0.1) is 6.26 Å². The predicted octanol–water partition coefficient (Wildman–Crippen LogP) is 1.24. The van der Waals surface area contributed by atoms with Crippen LogP contribution in [0.3, 0.4) is 0 Å². The van der Waals surface area contributed by atoms with Crippen LogP contribution in [0.5, 0.6) is 0 Å². The van der Waals surface area contributed by atoms with E-state index in [2.05, 4.69) is 19.9 Å². The summed E-state index contributed by atoms with van der Waals surface area (Å²) >= 11 is 0. The molecule has 0 aromatic rings. The number of hydrogen-bond acceptors (Lipinski definition) is 3. The molecule has 8 heteroatoms. The van der Waals surface area contributed by atoms with Crippen molar-refractivity contribution in [2.45, 2.75) is 32.1 Å². The Morgan fingerprint density at radius 2 is 1.77 bits per heavy atom. The highest BCUT2D eigenvalue weighted by atomic mass is 127. The fraction of sp³-hybridized carbons (Fsp3) is 0.929. The van der Waals surface area contributed by atoms with E-state index in [4.69, 9.17) is 0 Å². The summed E-state index contributed by atoms with van der Waals surface area (Å²) in [5, 5.41) is 3.35. The summed E-state index contributed by atoms with van der Waals surface area (Å²) in [4.78, 5) is 6.73. The van der Waals surface area contributed by atoms with E-state index in [9.17, 15) is 8.42 Å². The summed E-state index contributed by atoms with van der Waals surface area (Å²) < 4.78 is 24.5. The maximum absolute atomic E-state index is 11.0. The Hall–Kier alpha value is -0.0900. The van der Waals surface area contributed by atoms with Gasteiger partial charge in [-0.1, -0.05) is 12.8 Å². The van der Waals surface area contributed by atoms with Gasteiger partial charge in [0.25, 0.3) is 0 Å². The van der Waals surface area contributed by atoms with Gasteiger partial charge in [-0.2, -0.15) is 0 Å². The van der Waals surface area contributed by atoms with Gasteiger partial charge in [-0.05, 0) is 31.1 Å². The standard InChI is InChI=1S/C14H28N4O2S.HI/c1-15-14(16-8-5-9-17-21(2,19)20)18-10-12-6-3-4-7-13(12)11-18;/h12-13,17H,3-11H2,1-2H3,(H,15,16);1H. The van der Waals surface area contributed by atoms with E-state index in [1.807, 2.05) is 7.05 Å². The maximum Gasteiger partial charge on any atom is 0.208 e. The maximum atomic E-state index is 11.0. The Labute approximate surface area is 151 Å². The third-order valence-electron chi connectivity index (χ3n) is 4.49. The van der Waals surface area contributed by atoms with Crippen LogP contribution in [0.2, 0.25) is 0 Å². The number of hydrogen-bond donors (Lipinski definition) is 2. The quantitative estimate of drug-likeness (QED) is 0.290. The molecular formula is C14H29IN4O2S. The van der Waals surface area contributed by atoms with Gasteiger partial charge in [-0.3, -0.25) is 4.99 Å². The monoisotopic (exact) mass is 444 g/mol. The van der Waals surface area contributed by atoms with E-state index < -0.39 is 10.0 Å². The first-order valence-electron chi connectivity index (χ1n) is 7.90. The van der Waals surface area contributed by atoms with Crippen molar-refractivity contribution in [3.63, 3.8) is 0 Å². The molecule has 0 radical (unpaired) electrons. The third kappa shape index (κ3) is 6.19. The van der Waals surface area contributed by atoms with Gasteiger partial charge in [0.2, 0.25) is 10.0 Å². The van der Waals surface area contributed by atoms with Gasteiger partial charge in [0.1, 0.15) is 0 Å². The summed E-state index contributed by atoms with van der Waals surface area (Å²) in [5.74, 6) is 2.64. The molecular weight excluding hydrogens is 415 g/mol. The molecule has 1 aliphatic carbocycles. The lowest BCUT2D eigenvalue weighted by atomic mass is 9.82. The molecule has 2 fully saturated rings. The first kappa shape index (κ1) is 20.0. The normalized spacial score (nSPS) is 25.5. The second kappa shape index (κ2) is 9.27. The average molecular weight is 444 g/mol. The van der Waals surface area contributed by atoms with Crippen molar-refractivity contribution in [1.29, 1.82) is 0 Å². The molecule has 2 unspecified atom stereocenters. The predicted molar refractivity (Wildman–Crippen MR) is 101 cm³/mol. The lowest BCUT2D eigenvalue weighted by molar-refractivity contribution is 0.299. The molecule has 2 aliphatic rings. The molecule has 22 heavy (non-hydrogen) atoms. The first-order valence-corrected chi connectivity index (χ1v) is 9.79. The van der Waals surface area contributed by atoms with Crippen LogP contribution in [0.4, 0.5) is 0 Å². The van der Waals surface area contributed by atoms with Crippen molar-refractivity contribution in [1.82, 2.24) is 14.9 Å². The first-order chi connectivity index (χ1) is 9.99. The van der Waals surface area contributed by atoms with E-state index in [1.165, 1.54) is 31.9 Å². The molecule has 2 rings (SSSR count). The number of guanidine groups is 1. The van der Waals surface area contributed by atoms with E-state index in [0.717, 1.165) is 43.9 Å². The van der Waals surface area contributed by atoms with Gasteiger partial charge in [0, 0.05) is 33.2 Å². The molecule has 1 saturated heterocycles. The number of nitrogens with zero attached hydrogens (tertiary/aromatic N) is 2. The summed E-state index contributed by atoms with van der Waals surface area (Å²) in [7, 11) is -1.26. The molecule has 0 amide bonds. The largest absolute Gasteiger partial charge is 0.356 e. The second-order valence-electron chi connectivity index (χ2n) is 6.20. The van der Waals surface area contributed by atoms with Crippen LogP contribution in [0.25, 0.3) is 0 Å². The fourth-order valence-corrected chi connectivity index (χ4v) is 3.97. The minimum atomic E-state index is -3.08. The summed E-state index contributed by atoms with van der Waals surface area (Å²) in [5.41, 5.74) is 0. The Kier molecular flexibility index (Phi) is 8.40. The molecule has 130 valence electrons. The topological polar surface area (TPSA) is 73.8 Å². The van der Waals surface area contributed by atoms with E-state index >= 15 is 0 Å². The van der Waals surface area contributed by atoms with Crippen molar-refractivity contribution in [3.05, 3.63) is 0 Å². The van der Waals surface area contributed by atoms with Crippen molar-refractivity contribution in [3.8, 4) is 0 Å². The highest BCUT2D eigenvalue weighted by Gasteiger charge is 2.35. The number of nitrogens with one attached hydrogen (secondary N) is 2. The molecule has 1 aliphatic heterocycles. The SMILES string of the molecule is CN=C(NCCCNS(C)(=O)=O)N1CC2CCCCC2C1.I. The molecule has 0 spiro atoms. The zero-order valence-corrected chi connectivity index (χ0v) is 16.7. The van der Waals surface area contributed by atoms with Crippen molar-refractivity contribution < 1.29 is 8.42 Å². The molecule has 2 N–H and O–H groups in total. The van der Waals surface area contributed by atoms with E-state index in [0.29, 0.717) is 6.54 Å². The smallest absolute Gasteiger partial charge is 0.208 e. The average Bonchev–Trinajstić information content (AvgIpc) is 2.85. The lowest BCUT2D eigenvalue weighted by Gasteiger charge is -2.22. The molecule has 0 aromatic carbocycles. The minimum Gasteiger partial charge on any atom is -0.356 e. The van der Waals surface area contributed by atoms with Gasteiger partial charge >= 0.3 is 0 Å². The number of likely N-dealkylation sites (tertiary alicyclic amines) is 1. The Morgan fingerprint density at radius 3 is 2.27 bits per heavy atom. The van der Waals surface area contributed by atoms with Crippen molar-refractivity contribution in [2.24, 2.45) is 16.8 Å². The third-order valence-corrected chi connectivity index (χ3v) is 5.22. The summed E-state index contributed by atoms with van der Waals surface area (Å²) in [6, 6.07) is 0. The number of halogens is 1. The molecule has 2 atom stereocenters. The summed E-state index contributed by atoms with van der Waals surface area (Å²) in [6.07, 6.45) is 7.40. The van der Waals surface area contributed by atoms with Gasteiger partial charge < -0.3 is 10.2 Å². The molecule has 6 nitrogen and oxygen atoms in total. The van der Waals surface area contributed by atoms with Gasteiger partial charge in [0.15, 0.2) is 5.96 Å². The number of rotatable bonds is 5. The minimum absolute atomic E-state index is 0. The summed E-state index contributed by atoms with van der Waals surface area (Å²) in [6.45, 7) is 3.44. The van der Waals surface area contributed by atoms with Crippen LogP contribution in [0.15, 0.2) is 4.99 Å². The highest BCUT2D eigenvalue weighted by Crippen LogP contribution is 2.35. The van der Waals surface area contributed by atoms with Crippen LogP contribution in [0.1, 0.15) is 32.1 Å². The van der Waals surface area contributed by atoms with Crippen molar-refractivity contribution >= 4 is 40.0 Å². The highest BCUT2D eigenvalue weighted by molar-refractivity contribution is 14.0. The zero-order valence-electron chi connectivity index (χ0n) is 13.5. The van der Waals surface area contributed by atoms with Gasteiger partial charge in [-0.15, -0.1) is 24.0 Å². The zero-order chi connectivity index (χ0) is 15.3. The number of aliphatic imine (C=N–C) groups is 1. The second-order valence-corrected chi connectivity index (χ2v) is 8.04. The molecule has 0 bridgehead atoms. The van der Waals surface area contributed by atoms with Crippen molar-refractivity contribution in [2.75, 3.05) is 39.5 Å². The van der Waals surface area contributed by atoms with Crippen LogP contribution in [0, 0.1) is 11.8 Å². The molecule has 1 saturated carbocycles. The lowest BCUT2D eigenvalue weighted by Crippen LogP contribution is -2.41. The molecule has 0 aromatic heterocycles. The molecule has 1 heterocycles. The Bertz CT molecular complexity index is 455. The van der Waals surface area contributed by atoms with Crippen LogP contribution in [-0.2, 0) is 10.0 Å². The van der Waals surface area contributed by atoms with E-state index in [-0.39, 0.29) is 24.0 Å². The number of sulfonamides is 1. The fourth-order valence-electron chi connectivity index (χ4n) is 3.46. The Morgan fingerprint density at radius 1 is 1.18 bits per heavy atom.